The van der Waals surface area contributed by atoms with E-state index in [9.17, 15) is 10.1 Å². The van der Waals surface area contributed by atoms with Gasteiger partial charge in [0.1, 0.15) is 0 Å². The summed E-state index contributed by atoms with van der Waals surface area (Å²) in [5.41, 5.74) is 0. The van der Waals surface area contributed by atoms with Crippen molar-refractivity contribution in [3.8, 4) is 0 Å². The molecule has 6 heavy (non-hydrogen) atoms. The molecule has 0 bridgehead atoms. The zero-order valence-electron chi connectivity index (χ0n) is 3.17. The molecule has 4 nitrogen and oxygen atoms in total. The van der Waals surface area contributed by atoms with E-state index in [4.69, 9.17) is 5.26 Å². The fourth-order valence-electron chi connectivity index (χ4n) is 0. The van der Waals surface area contributed by atoms with Crippen molar-refractivity contribution >= 4 is 5.97 Å². The molecule has 0 rings (SSSR count). The van der Waals surface area contributed by atoms with Crippen molar-refractivity contribution in [2.75, 3.05) is 0 Å². The topological polar surface area (TPSA) is 63.1 Å². The van der Waals surface area contributed by atoms with Gasteiger partial charge in [-0.2, -0.15) is 5.26 Å². The highest BCUT2D eigenvalue weighted by atomic mass is 17.5. The van der Waals surface area contributed by atoms with Gasteiger partial charge in [-0.1, -0.05) is 0 Å². The third-order valence-electron chi connectivity index (χ3n) is 0.246. The largest absolute Gasteiger partial charge is 0.551 e. The van der Waals surface area contributed by atoms with Crippen molar-refractivity contribution in [1.29, 1.82) is 0 Å². The molecule has 0 amide bonds. The Morgan fingerprint density at radius 3 is 2.17 bits per heavy atom. The first-order valence-corrected chi connectivity index (χ1v) is 1.26. The van der Waals surface area contributed by atoms with E-state index in [-0.39, 0.29) is 4.67 Å². The van der Waals surface area contributed by atoms with Crippen molar-refractivity contribution in [3.05, 3.63) is 0 Å². The van der Waals surface area contributed by atoms with E-state index in [1.807, 2.05) is 0 Å². The Balaban J connectivity index is 3.26. The lowest BCUT2D eigenvalue weighted by atomic mass is 10.8. The second-order valence-electron chi connectivity index (χ2n) is 0.741. The van der Waals surface area contributed by atoms with Gasteiger partial charge in [0.05, 0.1) is 6.92 Å². The zero-order valence-corrected chi connectivity index (χ0v) is 3.17. The predicted octanol–water partition coefficient (Wildman–Crippen LogP) is -1.17. The fraction of sp³-hybridized carbons (Fsp3) is 0.500. The lowest BCUT2D eigenvalue weighted by Crippen LogP contribution is -2.26. The molecule has 0 aliphatic carbocycles. The van der Waals surface area contributed by atoms with Gasteiger partial charge >= 0.3 is 5.97 Å². The van der Waals surface area contributed by atoms with Crippen LogP contribution in [0.1, 0.15) is 6.92 Å². The standard InChI is InChI=1S/C2H4O4/c1-2(3)6(4)5/h4H,1H3. The normalized spacial score (nSPS) is 7.83. The predicted molar refractivity (Wildman–Crippen MR) is 14.4 cm³/mol. The molecule has 0 fully saturated rings. The fourth-order valence-corrected chi connectivity index (χ4v) is 0. The Morgan fingerprint density at radius 2 is 2.17 bits per heavy atom. The van der Waals surface area contributed by atoms with E-state index < -0.39 is 5.97 Å². The van der Waals surface area contributed by atoms with Crippen LogP contribution in [0.25, 0.3) is 0 Å². The van der Waals surface area contributed by atoms with E-state index in [0.29, 0.717) is 0 Å². The van der Waals surface area contributed by atoms with Crippen LogP contribution in [0.5, 0.6) is 0 Å². The molecule has 0 aromatic rings. The Hall–Kier alpha value is -0.610. The molecule has 0 saturated heterocycles. The van der Waals surface area contributed by atoms with Gasteiger partial charge in [0.2, 0.25) is 0 Å². The second-order valence-corrected chi connectivity index (χ2v) is 0.741. The van der Waals surface area contributed by atoms with Crippen LogP contribution in [0.3, 0.4) is 0 Å². The number of hydrogen-bond donors (Lipinski definition) is 1. The Labute approximate surface area is 34.1 Å². The van der Waals surface area contributed by atoms with Gasteiger partial charge in [0.15, 0.2) is 0 Å². The summed E-state index contributed by atoms with van der Waals surface area (Å²) in [5.74, 6) is -0.991. The minimum absolute atomic E-state index is 0.0648. The van der Waals surface area contributed by atoms with E-state index in [0.717, 1.165) is 6.92 Å². The number of hydrogen-bond acceptors (Lipinski definition) is 3. The molecule has 0 radical (unpaired) electrons. The highest BCUT2D eigenvalue weighted by Crippen LogP contribution is 1.71. The van der Waals surface area contributed by atoms with Crippen LogP contribution in [0.4, 0.5) is 0 Å². The maximum Gasteiger partial charge on any atom is 0.551 e. The smallest absolute Gasteiger partial charge is 0.548 e. The van der Waals surface area contributed by atoms with Crippen LogP contribution in [0, 0.1) is 0 Å². The van der Waals surface area contributed by atoms with Gasteiger partial charge in [0.25, 0.3) is 0 Å². The summed E-state index contributed by atoms with van der Waals surface area (Å²) in [6.07, 6.45) is 0. The second kappa shape index (κ2) is 1.74. The number of carbonyl (C=O) groups excluding carboxylic acids is 1. The molecule has 0 heterocycles. The van der Waals surface area contributed by atoms with Crippen molar-refractivity contribution in [1.82, 2.24) is 0 Å². The van der Waals surface area contributed by atoms with Crippen LogP contribution in [-0.4, -0.2) is 11.2 Å². The van der Waals surface area contributed by atoms with Gasteiger partial charge in [-0.15, -0.1) is 0 Å². The van der Waals surface area contributed by atoms with Gasteiger partial charge in [0, 0.05) is 4.79 Å². The average Bonchev–Trinajstić information content (AvgIpc) is 1.36. The van der Waals surface area contributed by atoms with Crippen LogP contribution in [0.2, 0.25) is 0 Å². The highest BCUT2D eigenvalue weighted by molar-refractivity contribution is 5.65. The molecule has 0 atom stereocenters. The van der Waals surface area contributed by atoms with Crippen LogP contribution in [-0.2, 0) is 9.46 Å². The molecule has 0 aliphatic heterocycles. The maximum absolute atomic E-state index is 9.47. The Morgan fingerprint density at radius 1 is 2.00 bits per heavy atom. The monoisotopic (exact) mass is 92.0 g/mol. The molecule has 0 aromatic carbocycles. The first-order chi connectivity index (χ1) is 2.64. The SMILES string of the molecule is CC(=O)[O+]([O-])O. The van der Waals surface area contributed by atoms with E-state index in [2.05, 4.69) is 0 Å². The Bertz CT molecular complexity index is 56.6. The summed E-state index contributed by atoms with van der Waals surface area (Å²) in [7, 11) is 0. The summed E-state index contributed by atoms with van der Waals surface area (Å²) in [4.78, 5) is 9.47. The summed E-state index contributed by atoms with van der Waals surface area (Å²) in [5, 5.41) is 16.7. The zero-order chi connectivity index (χ0) is 5.15. The third-order valence-corrected chi connectivity index (χ3v) is 0.246. The average molecular weight is 92.0 g/mol. The molecule has 1 N–H and O–H groups in total. The lowest BCUT2D eigenvalue weighted by molar-refractivity contribution is -0.864. The summed E-state index contributed by atoms with van der Waals surface area (Å²) in [6.45, 7) is 0.928. The van der Waals surface area contributed by atoms with Crippen LogP contribution < -0.4 is 5.26 Å². The first-order valence-electron chi connectivity index (χ1n) is 1.26. The number of rotatable bonds is 0. The van der Waals surface area contributed by atoms with Crippen molar-refractivity contribution in [3.63, 3.8) is 0 Å². The van der Waals surface area contributed by atoms with Crippen molar-refractivity contribution in [2.24, 2.45) is 0 Å². The molecule has 0 spiro atoms. The van der Waals surface area contributed by atoms with Crippen molar-refractivity contribution in [2.45, 2.75) is 6.92 Å². The first kappa shape index (κ1) is 5.39. The molecular formula is C2H4O4. The minimum atomic E-state index is -0.991. The van der Waals surface area contributed by atoms with E-state index >= 15 is 0 Å². The van der Waals surface area contributed by atoms with Crippen molar-refractivity contribution < 1.29 is 20.0 Å². The van der Waals surface area contributed by atoms with Gasteiger partial charge in [-0.3, -0.25) is 0 Å². The summed E-state index contributed by atoms with van der Waals surface area (Å²) < 4.78 is -0.0648. The van der Waals surface area contributed by atoms with Crippen LogP contribution in [0.15, 0.2) is 0 Å². The summed E-state index contributed by atoms with van der Waals surface area (Å²) in [6, 6.07) is 0. The van der Waals surface area contributed by atoms with Gasteiger partial charge < -0.3 is 9.93 Å². The quantitative estimate of drug-likeness (QED) is 0.233. The molecule has 0 aliphatic rings. The van der Waals surface area contributed by atoms with Gasteiger partial charge in [-0.05, 0) is 0 Å². The molecule has 36 valence electrons. The third kappa shape index (κ3) is 1.68. The molecule has 0 unspecified atom stereocenters. The van der Waals surface area contributed by atoms with Gasteiger partial charge in [-0.25, -0.2) is 0 Å². The molecule has 0 aromatic heterocycles. The molecule has 4 heteroatoms. The highest BCUT2D eigenvalue weighted by Gasteiger charge is 1.99. The van der Waals surface area contributed by atoms with E-state index in [1.54, 1.807) is 0 Å². The Kier molecular flexibility index (Phi) is 1.56. The molecular weight excluding hydrogens is 88.0 g/mol. The van der Waals surface area contributed by atoms with Crippen LogP contribution >= 0.6 is 0 Å². The molecule has 0 saturated carbocycles. The summed E-state index contributed by atoms with van der Waals surface area (Å²) >= 11 is 0. The van der Waals surface area contributed by atoms with E-state index in [1.165, 1.54) is 0 Å². The number of carbonyl (C=O) groups is 1. The lowest BCUT2D eigenvalue weighted by Gasteiger charge is -2.09. The minimum Gasteiger partial charge on any atom is -0.548 e. The maximum atomic E-state index is 9.47.